The van der Waals surface area contributed by atoms with E-state index in [9.17, 15) is 0 Å². The number of rotatable bonds is 3. The van der Waals surface area contributed by atoms with Gasteiger partial charge < -0.3 is 5.73 Å². The molecule has 0 saturated heterocycles. The number of benzene rings is 1. The van der Waals surface area contributed by atoms with Crippen LogP contribution in [-0.4, -0.2) is 6.04 Å². The average molecular weight is 271 g/mol. The molecular formula is C19H29N. The van der Waals surface area contributed by atoms with Crippen molar-refractivity contribution in [2.24, 2.45) is 11.1 Å². The van der Waals surface area contributed by atoms with Crippen molar-refractivity contribution in [3.05, 3.63) is 35.4 Å². The summed E-state index contributed by atoms with van der Waals surface area (Å²) in [6.07, 6.45) is 7.99. The van der Waals surface area contributed by atoms with E-state index in [4.69, 9.17) is 5.73 Å². The van der Waals surface area contributed by atoms with Gasteiger partial charge in [0, 0.05) is 11.5 Å². The SMILES string of the molecule is CC(N)C1(c2ccccc2C2CCCC(C)(C)C2)CC1. The first-order valence-corrected chi connectivity index (χ1v) is 8.30. The second-order valence-corrected chi connectivity index (χ2v) is 7.99. The third-order valence-corrected chi connectivity index (χ3v) is 5.80. The minimum absolute atomic E-state index is 0.278. The highest BCUT2D eigenvalue weighted by atomic mass is 14.7. The molecule has 1 nitrogen and oxygen atoms in total. The Morgan fingerprint density at radius 1 is 1.15 bits per heavy atom. The molecule has 2 aliphatic rings. The zero-order chi connectivity index (χ0) is 14.4. The summed E-state index contributed by atoms with van der Waals surface area (Å²) in [5.41, 5.74) is 10.3. The van der Waals surface area contributed by atoms with Crippen molar-refractivity contribution >= 4 is 0 Å². The van der Waals surface area contributed by atoms with E-state index in [1.54, 1.807) is 11.1 Å². The number of hydrogen-bond acceptors (Lipinski definition) is 1. The van der Waals surface area contributed by atoms with Crippen LogP contribution in [0.15, 0.2) is 24.3 Å². The highest BCUT2D eigenvalue weighted by molar-refractivity contribution is 5.42. The second kappa shape index (κ2) is 4.87. The highest BCUT2D eigenvalue weighted by Crippen LogP contribution is 2.54. The van der Waals surface area contributed by atoms with Crippen LogP contribution in [0, 0.1) is 5.41 Å². The predicted octanol–water partition coefficient (Wildman–Crippen LogP) is 4.75. The first kappa shape index (κ1) is 14.1. The van der Waals surface area contributed by atoms with Gasteiger partial charge in [-0.1, -0.05) is 44.5 Å². The van der Waals surface area contributed by atoms with Gasteiger partial charge in [0.1, 0.15) is 0 Å². The molecule has 1 aromatic rings. The molecule has 0 aromatic heterocycles. The van der Waals surface area contributed by atoms with Gasteiger partial charge in [-0.25, -0.2) is 0 Å². The molecule has 0 spiro atoms. The molecule has 1 heteroatoms. The second-order valence-electron chi connectivity index (χ2n) is 7.99. The first-order chi connectivity index (χ1) is 9.45. The standard InChI is InChI=1S/C19H29N/c1-14(20)19(11-12-19)17-9-5-4-8-16(17)15-7-6-10-18(2,3)13-15/h4-5,8-9,14-15H,6-7,10-13,20H2,1-3H3. The lowest BCUT2D eigenvalue weighted by Crippen LogP contribution is -2.33. The summed E-state index contributed by atoms with van der Waals surface area (Å²) in [6.45, 7) is 7.05. The van der Waals surface area contributed by atoms with Crippen LogP contribution >= 0.6 is 0 Å². The summed E-state index contributed by atoms with van der Waals surface area (Å²) in [7, 11) is 0. The number of hydrogen-bond donors (Lipinski definition) is 1. The molecule has 1 aromatic carbocycles. The van der Waals surface area contributed by atoms with Gasteiger partial charge in [0.15, 0.2) is 0 Å². The van der Waals surface area contributed by atoms with Crippen LogP contribution in [0.2, 0.25) is 0 Å². The van der Waals surface area contributed by atoms with E-state index in [-0.39, 0.29) is 11.5 Å². The maximum Gasteiger partial charge on any atom is 0.0108 e. The van der Waals surface area contributed by atoms with Gasteiger partial charge in [-0.05, 0) is 61.5 Å². The molecule has 2 aliphatic carbocycles. The summed E-state index contributed by atoms with van der Waals surface area (Å²) >= 11 is 0. The van der Waals surface area contributed by atoms with Crippen molar-refractivity contribution in [3.8, 4) is 0 Å². The predicted molar refractivity (Wildman–Crippen MR) is 86.0 cm³/mol. The Morgan fingerprint density at radius 2 is 1.85 bits per heavy atom. The van der Waals surface area contributed by atoms with Crippen molar-refractivity contribution < 1.29 is 0 Å². The average Bonchev–Trinajstić information content (AvgIpc) is 3.19. The Kier molecular flexibility index (Phi) is 3.44. The van der Waals surface area contributed by atoms with Crippen molar-refractivity contribution in [2.75, 3.05) is 0 Å². The van der Waals surface area contributed by atoms with E-state index in [2.05, 4.69) is 45.0 Å². The number of nitrogens with two attached hydrogens (primary N) is 1. The molecule has 3 rings (SSSR count). The van der Waals surface area contributed by atoms with Gasteiger partial charge in [0.2, 0.25) is 0 Å². The lowest BCUT2D eigenvalue weighted by Gasteiger charge is -2.37. The Labute approximate surface area is 124 Å². The molecule has 2 N–H and O–H groups in total. The van der Waals surface area contributed by atoms with Crippen LogP contribution in [0.5, 0.6) is 0 Å². The minimum Gasteiger partial charge on any atom is -0.327 e. The molecular weight excluding hydrogens is 242 g/mol. The third-order valence-electron chi connectivity index (χ3n) is 5.80. The largest absolute Gasteiger partial charge is 0.327 e. The third kappa shape index (κ3) is 2.41. The maximum atomic E-state index is 6.32. The van der Waals surface area contributed by atoms with Crippen LogP contribution in [0.3, 0.4) is 0 Å². The molecule has 0 heterocycles. The molecule has 2 fully saturated rings. The zero-order valence-corrected chi connectivity index (χ0v) is 13.3. The van der Waals surface area contributed by atoms with E-state index >= 15 is 0 Å². The molecule has 2 atom stereocenters. The topological polar surface area (TPSA) is 26.0 Å². The van der Waals surface area contributed by atoms with E-state index in [1.807, 2.05) is 0 Å². The van der Waals surface area contributed by atoms with Gasteiger partial charge in [0.05, 0.1) is 0 Å². The van der Waals surface area contributed by atoms with Gasteiger partial charge in [0.25, 0.3) is 0 Å². The molecule has 0 radical (unpaired) electrons. The van der Waals surface area contributed by atoms with Crippen LogP contribution in [0.25, 0.3) is 0 Å². The molecule has 110 valence electrons. The van der Waals surface area contributed by atoms with E-state index in [0.717, 1.165) is 5.92 Å². The normalized spacial score (nSPS) is 28.9. The molecule has 20 heavy (non-hydrogen) atoms. The molecule has 2 saturated carbocycles. The van der Waals surface area contributed by atoms with Crippen LogP contribution < -0.4 is 5.73 Å². The Hall–Kier alpha value is -0.820. The Morgan fingerprint density at radius 3 is 2.45 bits per heavy atom. The molecule has 0 amide bonds. The Balaban J connectivity index is 1.95. The van der Waals surface area contributed by atoms with Gasteiger partial charge in [-0.15, -0.1) is 0 Å². The lowest BCUT2D eigenvalue weighted by molar-refractivity contribution is 0.218. The van der Waals surface area contributed by atoms with Crippen molar-refractivity contribution in [2.45, 2.75) is 76.7 Å². The van der Waals surface area contributed by atoms with Crippen molar-refractivity contribution in [1.29, 1.82) is 0 Å². The quantitative estimate of drug-likeness (QED) is 0.843. The fraction of sp³-hybridized carbons (Fsp3) is 0.684. The minimum atomic E-state index is 0.278. The van der Waals surface area contributed by atoms with Crippen molar-refractivity contribution in [1.82, 2.24) is 0 Å². The zero-order valence-electron chi connectivity index (χ0n) is 13.3. The monoisotopic (exact) mass is 271 g/mol. The summed E-state index contributed by atoms with van der Waals surface area (Å²) in [4.78, 5) is 0. The lowest BCUT2D eigenvalue weighted by atomic mass is 9.68. The molecule has 2 unspecified atom stereocenters. The molecule has 0 bridgehead atoms. The van der Waals surface area contributed by atoms with Gasteiger partial charge in [-0.2, -0.15) is 0 Å². The van der Waals surface area contributed by atoms with E-state index in [1.165, 1.54) is 38.5 Å². The molecule has 0 aliphatic heterocycles. The van der Waals surface area contributed by atoms with Crippen LogP contribution in [-0.2, 0) is 5.41 Å². The van der Waals surface area contributed by atoms with Gasteiger partial charge in [-0.3, -0.25) is 0 Å². The first-order valence-electron chi connectivity index (χ1n) is 8.30. The fourth-order valence-corrected chi connectivity index (χ4v) is 4.37. The highest BCUT2D eigenvalue weighted by Gasteiger charge is 2.49. The summed E-state index contributed by atoms with van der Waals surface area (Å²) < 4.78 is 0. The summed E-state index contributed by atoms with van der Waals surface area (Å²) in [5, 5.41) is 0. The maximum absolute atomic E-state index is 6.32. The fourth-order valence-electron chi connectivity index (χ4n) is 4.37. The summed E-state index contributed by atoms with van der Waals surface area (Å²) in [6, 6.07) is 9.43. The smallest absolute Gasteiger partial charge is 0.0108 e. The van der Waals surface area contributed by atoms with Crippen molar-refractivity contribution in [3.63, 3.8) is 0 Å². The van der Waals surface area contributed by atoms with E-state index < -0.39 is 0 Å². The van der Waals surface area contributed by atoms with Crippen LogP contribution in [0.1, 0.15) is 76.3 Å². The van der Waals surface area contributed by atoms with E-state index in [0.29, 0.717) is 5.41 Å². The Bertz CT molecular complexity index is 482. The summed E-state index contributed by atoms with van der Waals surface area (Å²) in [5.74, 6) is 0.742. The van der Waals surface area contributed by atoms with Gasteiger partial charge >= 0.3 is 0 Å². The van der Waals surface area contributed by atoms with Crippen LogP contribution in [0.4, 0.5) is 0 Å².